The van der Waals surface area contributed by atoms with Gasteiger partial charge in [0.2, 0.25) is 0 Å². The molecule has 2 N–H and O–H groups in total. The largest absolute Gasteiger partial charge is 0.345 e. The molecule has 1 aliphatic rings. The highest BCUT2D eigenvalue weighted by Gasteiger charge is 2.42. The molecule has 1 fully saturated rings. The molecule has 0 radical (unpaired) electrons. The minimum Gasteiger partial charge on any atom is -0.345 e. The Morgan fingerprint density at radius 2 is 1.83 bits per heavy atom. The van der Waals surface area contributed by atoms with Crippen LogP contribution >= 0.6 is 0 Å². The zero-order valence-corrected chi connectivity index (χ0v) is 20.1. The molecule has 4 atom stereocenters. The molecule has 0 saturated carbocycles. The lowest BCUT2D eigenvalue weighted by molar-refractivity contribution is 0.0938. The first kappa shape index (κ1) is 24.9. The molecule has 1 aromatic heterocycles. The highest BCUT2D eigenvalue weighted by Crippen LogP contribution is 2.33. The van der Waals surface area contributed by atoms with E-state index >= 15 is 8.78 Å². The maximum atomic E-state index is 15.1. The van der Waals surface area contributed by atoms with Gasteiger partial charge in [0.15, 0.2) is 9.84 Å². The van der Waals surface area contributed by atoms with E-state index in [2.05, 4.69) is 20.6 Å². The zero-order valence-electron chi connectivity index (χ0n) is 19.3. The van der Waals surface area contributed by atoms with Crippen LogP contribution in [0.1, 0.15) is 52.2 Å². The number of nitrogens with one attached hydrogen (secondary N) is 2. The summed E-state index contributed by atoms with van der Waals surface area (Å²) in [6, 6.07) is 9.62. The molecule has 4 rings (SSSR count). The number of amides is 1. The number of hydrogen-bond donors (Lipinski definition) is 2. The minimum atomic E-state index is -3.69. The van der Waals surface area contributed by atoms with E-state index in [1.165, 1.54) is 25.6 Å². The first-order chi connectivity index (χ1) is 16.7. The average Bonchev–Trinajstić information content (AvgIpc) is 2.84. The summed E-state index contributed by atoms with van der Waals surface area (Å²) in [5.41, 5.74) is 0.773. The van der Waals surface area contributed by atoms with Gasteiger partial charge >= 0.3 is 0 Å². The van der Waals surface area contributed by atoms with Crippen molar-refractivity contribution in [3.8, 4) is 0 Å². The number of hydrogen-bond acceptors (Lipinski definition) is 6. The summed E-state index contributed by atoms with van der Waals surface area (Å²) in [5.74, 6) is -1.98. The molecule has 2 unspecified atom stereocenters. The van der Waals surface area contributed by atoms with Crippen molar-refractivity contribution >= 4 is 15.7 Å². The van der Waals surface area contributed by atoms with Gasteiger partial charge < -0.3 is 10.6 Å². The van der Waals surface area contributed by atoms with Crippen LogP contribution < -0.4 is 10.6 Å². The number of aromatic nitrogens is 2. The highest BCUT2D eigenvalue weighted by molar-refractivity contribution is 7.92. The number of rotatable bonds is 6. The van der Waals surface area contributed by atoms with E-state index in [1.54, 1.807) is 31.2 Å². The Bertz CT molecular complexity index is 1310. The molecule has 2 heterocycles. The predicted octanol–water partition coefficient (Wildman–Crippen LogP) is 3.30. The molecule has 10 heteroatoms. The van der Waals surface area contributed by atoms with Gasteiger partial charge in [0, 0.05) is 30.5 Å². The van der Waals surface area contributed by atoms with Crippen LogP contribution in [0.5, 0.6) is 0 Å². The van der Waals surface area contributed by atoms with Crippen LogP contribution in [0.3, 0.4) is 0 Å². The van der Waals surface area contributed by atoms with Gasteiger partial charge in [-0.15, -0.1) is 0 Å². The van der Waals surface area contributed by atoms with E-state index in [0.29, 0.717) is 5.56 Å². The fraction of sp³-hybridized carbons (Fsp3) is 0.320. The Morgan fingerprint density at radius 3 is 2.51 bits per heavy atom. The smallest absolute Gasteiger partial charge is 0.254 e. The Labute approximate surface area is 202 Å². The van der Waals surface area contributed by atoms with E-state index < -0.39 is 50.0 Å². The second kappa shape index (κ2) is 10.2. The summed E-state index contributed by atoms with van der Waals surface area (Å²) in [6.07, 6.45) is 3.74. The second-order valence-corrected chi connectivity index (χ2v) is 11.1. The average molecular weight is 501 g/mol. The summed E-state index contributed by atoms with van der Waals surface area (Å²) < 4.78 is 57.0. The molecule has 0 spiro atoms. The summed E-state index contributed by atoms with van der Waals surface area (Å²) in [7, 11) is -3.69. The molecule has 1 amide bonds. The van der Waals surface area contributed by atoms with E-state index in [-0.39, 0.29) is 29.7 Å². The highest BCUT2D eigenvalue weighted by atomic mass is 32.2. The standard InChI is InChI=1S/C25H26F2N4O3S/c1-15(31-25(32)19-11-28-14-29-12-19)20-10-21(26)18(8-22(20)27)9-23-16(2)30-13-24(35(23,33)34)17-6-4-3-5-7-17/h3-8,10-12,14-16,23-24,30H,9,13H2,1-2H3,(H,31,32)/t15?,16-,23?,24-/m0/s1. The quantitative estimate of drug-likeness (QED) is 0.539. The Kier molecular flexibility index (Phi) is 7.23. The van der Waals surface area contributed by atoms with Crippen LogP contribution in [0.15, 0.2) is 61.2 Å². The molecule has 2 aromatic carbocycles. The first-order valence-corrected chi connectivity index (χ1v) is 12.8. The van der Waals surface area contributed by atoms with Gasteiger partial charge in [0.1, 0.15) is 18.0 Å². The maximum absolute atomic E-state index is 15.1. The minimum absolute atomic E-state index is 0.0304. The molecule has 7 nitrogen and oxygen atoms in total. The number of carbonyl (C=O) groups excluding carboxylic acids is 1. The number of benzene rings is 2. The Morgan fingerprint density at radius 1 is 1.14 bits per heavy atom. The van der Waals surface area contributed by atoms with Crippen LogP contribution in [0.25, 0.3) is 0 Å². The van der Waals surface area contributed by atoms with Crippen molar-refractivity contribution in [2.75, 3.05) is 6.54 Å². The molecular formula is C25H26F2N4O3S. The second-order valence-electron chi connectivity index (χ2n) is 8.72. The van der Waals surface area contributed by atoms with Crippen molar-refractivity contribution in [2.45, 2.75) is 42.9 Å². The fourth-order valence-electron chi connectivity index (χ4n) is 4.39. The molecule has 1 aliphatic heterocycles. The van der Waals surface area contributed by atoms with E-state index in [9.17, 15) is 13.2 Å². The normalized spacial score (nSPS) is 22.3. The van der Waals surface area contributed by atoms with Crippen molar-refractivity contribution in [3.63, 3.8) is 0 Å². The monoisotopic (exact) mass is 500 g/mol. The van der Waals surface area contributed by atoms with Crippen molar-refractivity contribution in [1.82, 2.24) is 20.6 Å². The molecule has 184 valence electrons. The third kappa shape index (κ3) is 5.23. The van der Waals surface area contributed by atoms with Gasteiger partial charge in [0.25, 0.3) is 5.91 Å². The van der Waals surface area contributed by atoms with Crippen molar-refractivity contribution in [2.24, 2.45) is 0 Å². The van der Waals surface area contributed by atoms with E-state index in [4.69, 9.17) is 0 Å². The Hall–Kier alpha value is -3.24. The molecular weight excluding hydrogens is 474 g/mol. The lowest BCUT2D eigenvalue weighted by Crippen LogP contribution is -2.53. The molecule has 0 aliphatic carbocycles. The van der Waals surface area contributed by atoms with Crippen molar-refractivity contribution < 1.29 is 22.0 Å². The third-order valence-corrected chi connectivity index (χ3v) is 9.05. The molecule has 1 saturated heterocycles. The number of halogens is 2. The van der Waals surface area contributed by atoms with Crippen LogP contribution in [-0.2, 0) is 16.3 Å². The van der Waals surface area contributed by atoms with Crippen LogP contribution in [0, 0.1) is 11.6 Å². The van der Waals surface area contributed by atoms with Crippen molar-refractivity contribution in [3.05, 3.63) is 95.1 Å². The van der Waals surface area contributed by atoms with Gasteiger partial charge in [-0.3, -0.25) is 4.79 Å². The summed E-state index contributed by atoms with van der Waals surface area (Å²) in [6.45, 7) is 3.52. The van der Waals surface area contributed by atoms with Crippen LogP contribution in [0.4, 0.5) is 8.78 Å². The number of sulfone groups is 1. The summed E-state index contributed by atoms with van der Waals surface area (Å²) >= 11 is 0. The molecule has 3 aromatic rings. The third-order valence-electron chi connectivity index (χ3n) is 6.40. The van der Waals surface area contributed by atoms with Crippen molar-refractivity contribution in [1.29, 1.82) is 0 Å². The first-order valence-electron chi connectivity index (χ1n) is 11.2. The summed E-state index contributed by atoms with van der Waals surface area (Å²) in [4.78, 5) is 19.9. The van der Waals surface area contributed by atoms with E-state index in [1.807, 2.05) is 6.07 Å². The Balaban J connectivity index is 1.55. The summed E-state index contributed by atoms with van der Waals surface area (Å²) in [5, 5.41) is 4.10. The number of nitrogens with zero attached hydrogens (tertiary/aromatic N) is 2. The van der Waals surface area contributed by atoms with Crippen LogP contribution in [-0.4, -0.2) is 42.1 Å². The lowest BCUT2D eigenvalue weighted by Gasteiger charge is -2.35. The zero-order chi connectivity index (χ0) is 25.2. The van der Waals surface area contributed by atoms with E-state index in [0.717, 1.165) is 12.1 Å². The molecule has 0 bridgehead atoms. The SMILES string of the molecule is CC(NC(=O)c1cncnc1)c1cc(F)c(CC2[C@H](C)NC[C@@H](c3ccccc3)S2(=O)=O)cc1F. The van der Waals surface area contributed by atoms with Crippen LogP contribution in [0.2, 0.25) is 0 Å². The van der Waals surface area contributed by atoms with Gasteiger partial charge in [-0.25, -0.2) is 27.2 Å². The van der Waals surface area contributed by atoms with Gasteiger partial charge in [0.05, 0.1) is 22.1 Å². The lowest BCUT2D eigenvalue weighted by atomic mass is 9.99. The molecule has 35 heavy (non-hydrogen) atoms. The maximum Gasteiger partial charge on any atom is 0.254 e. The number of carbonyl (C=O) groups is 1. The fourth-order valence-corrected chi connectivity index (χ4v) is 6.75. The van der Waals surface area contributed by atoms with Gasteiger partial charge in [-0.1, -0.05) is 30.3 Å². The van der Waals surface area contributed by atoms with Gasteiger partial charge in [-0.05, 0) is 43.5 Å². The van der Waals surface area contributed by atoms with Gasteiger partial charge in [-0.2, -0.15) is 0 Å². The topological polar surface area (TPSA) is 101 Å². The predicted molar refractivity (Wildman–Crippen MR) is 127 cm³/mol.